The highest BCUT2D eigenvalue weighted by molar-refractivity contribution is 5.46. The second-order valence-corrected chi connectivity index (χ2v) is 4.05. The smallest absolute Gasteiger partial charge is 0.165 e. The fourth-order valence-electron chi connectivity index (χ4n) is 1.65. The van der Waals surface area contributed by atoms with Gasteiger partial charge in [-0.1, -0.05) is 25.5 Å². The second-order valence-electron chi connectivity index (χ2n) is 4.05. The summed E-state index contributed by atoms with van der Waals surface area (Å²) in [6.45, 7) is 4.21. The SMILES string of the molecule is CCCCOc1c(CNCCO)cccc1OC. The summed E-state index contributed by atoms with van der Waals surface area (Å²) in [5.74, 6) is 1.56. The first-order valence-electron chi connectivity index (χ1n) is 6.43. The van der Waals surface area contributed by atoms with Gasteiger partial charge < -0.3 is 19.9 Å². The lowest BCUT2D eigenvalue weighted by atomic mass is 10.2. The molecule has 0 saturated heterocycles. The molecule has 1 aromatic rings. The molecule has 0 aromatic heterocycles. The summed E-state index contributed by atoms with van der Waals surface area (Å²) in [6, 6.07) is 5.85. The van der Waals surface area contributed by atoms with Gasteiger partial charge in [0.25, 0.3) is 0 Å². The van der Waals surface area contributed by atoms with Crippen molar-refractivity contribution in [2.75, 3.05) is 26.9 Å². The Morgan fingerprint density at radius 1 is 1.33 bits per heavy atom. The average Bonchev–Trinajstić information content (AvgIpc) is 2.40. The van der Waals surface area contributed by atoms with Crippen LogP contribution in [0.4, 0.5) is 0 Å². The highest BCUT2D eigenvalue weighted by Crippen LogP contribution is 2.31. The summed E-state index contributed by atoms with van der Waals surface area (Å²) < 4.78 is 11.1. The molecule has 18 heavy (non-hydrogen) atoms. The first kappa shape index (κ1) is 14.8. The molecule has 0 heterocycles. The van der Waals surface area contributed by atoms with Crippen LogP contribution in [0.5, 0.6) is 11.5 Å². The Morgan fingerprint density at radius 2 is 2.17 bits per heavy atom. The van der Waals surface area contributed by atoms with Crippen molar-refractivity contribution in [2.24, 2.45) is 0 Å². The van der Waals surface area contributed by atoms with Gasteiger partial charge in [0.15, 0.2) is 11.5 Å². The molecule has 1 aromatic carbocycles. The number of para-hydroxylation sites is 1. The molecule has 0 aliphatic heterocycles. The van der Waals surface area contributed by atoms with Crippen molar-refractivity contribution in [2.45, 2.75) is 26.3 Å². The predicted molar refractivity (Wildman–Crippen MR) is 72.2 cm³/mol. The van der Waals surface area contributed by atoms with Crippen LogP contribution >= 0.6 is 0 Å². The van der Waals surface area contributed by atoms with Gasteiger partial charge in [-0.2, -0.15) is 0 Å². The molecule has 102 valence electrons. The average molecular weight is 253 g/mol. The summed E-state index contributed by atoms with van der Waals surface area (Å²) in [7, 11) is 1.65. The van der Waals surface area contributed by atoms with Gasteiger partial charge in [0.1, 0.15) is 0 Å². The maximum absolute atomic E-state index is 8.77. The van der Waals surface area contributed by atoms with E-state index in [1.165, 1.54) is 0 Å². The molecule has 1 rings (SSSR count). The lowest BCUT2D eigenvalue weighted by Crippen LogP contribution is -2.18. The summed E-state index contributed by atoms with van der Waals surface area (Å²) in [6.07, 6.45) is 2.13. The zero-order valence-corrected chi connectivity index (χ0v) is 11.2. The zero-order valence-electron chi connectivity index (χ0n) is 11.2. The molecule has 2 N–H and O–H groups in total. The number of ether oxygens (including phenoxy) is 2. The Balaban J connectivity index is 2.72. The van der Waals surface area contributed by atoms with Crippen LogP contribution < -0.4 is 14.8 Å². The highest BCUT2D eigenvalue weighted by Gasteiger charge is 2.09. The van der Waals surface area contributed by atoms with Crippen LogP contribution in [0.2, 0.25) is 0 Å². The van der Waals surface area contributed by atoms with Crippen LogP contribution in [0.15, 0.2) is 18.2 Å². The topological polar surface area (TPSA) is 50.7 Å². The van der Waals surface area contributed by atoms with E-state index < -0.39 is 0 Å². The van der Waals surface area contributed by atoms with E-state index in [4.69, 9.17) is 14.6 Å². The minimum Gasteiger partial charge on any atom is -0.493 e. The fourth-order valence-corrected chi connectivity index (χ4v) is 1.65. The van der Waals surface area contributed by atoms with Gasteiger partial charge in [-0.25, -0.2) is 0 Å². The molecule has 0 aliphatic carbocycles. The van der Waals surface area contributed by atoms with E-state index in [2.05, 4.69) is 12.2 Å². The van der Waals surface area contributed by atoms with Crippen LogP contribution in [0.1, 0.15) is 25.3 Å². The number of unbranched alkanes of at least 4 members (excludes halogenated alkanes) is 1. The lowest BCUT2D eigenvalue weighted by molar-refractivity contribution is 0.280. The maximum Gasteiger partial charge on any atom is 0.165 e. The van der Waals surface area contributed by atoms with Crippen LogP contribution in [0.3, 0.4) is 0 Å². The number of hydrogen-bond acceptors (Lipinski definition) is 4. The molecular formula is C14H23NO3. The second kappa shape index (κ2) is 8.78. The largest absolute Gasteiger partial charge is 0.493 e. The predicted octanol–water partition coefficient (Wildman–Crippen LogP) is 1.96. The van der Waals surface area contributed by atoms with Gasteiger partial charge >= 0.3 is 0 Å². The maximum atomic E-state index is 8.77. The molecular weight excluding hydrogens is 230 g/mol. The van der Waals surface area contributed by atoms with Gasteiger partial charge in [0, 0.05) is 18.7 Å². The van der Waals surface area contributed by atoms with Crippen molar-refractivity contribution in [1.82, 2.24) is 5.32 Å². The van der Waals surface area contributed by atoms with E-state index in [1.54, 1.807) is 7.11 Å². The third-order valence-corrected chi connectivity index (χ3v) is 2.63. The molecule has 0 radical (unpaired) electrons. The lowest BCUT2D eigenvalue weighted by Gasteiger charge is -2.15. The number of aliphatic hydroxyl groups is 1. The van der Waals surface area contributed by atoms with Gasteiger partial charge in [0.05, 0.1) is 20.3 Å². The Labute approximate surface area is 109 Å². The number of rotatable bonds is 9. The number of hydrogen-bond donors (Lipinski definition) is 2. The Hall–Kier alpha value is -1.26. The highest BCUT2D eigenvalue weighted by atomic mass is 16.5. The number of nitrogens with one attached hydrogen (secondary N) is 1. The van der Waals surface area contributed by atoms with Gasteiger partial charge in [0.2, 0.25) is 0 Å². The van der Waals surface area contributed by atoms with Crippen LogP contribution in [-0.4, -0.2) is 32.0 Å². The normalized spacial score (nSPS) is 10.4. The van der Waals surface area contributed by atoms with Crippen LogP contribution in [0, 0.1) is 0 Å². The molecule has 0 bridgehead atoms. The van der Waals surface area contributed by atoms with Crippen molar-refractivity contribution < 1.29 is 14.6 Å². The summed E-state index contributed by atoms with van der Waals surface area (Å²) in [5, 5.41) is 11.9. The summed E-state index contributed by atoms with van der Waals surface area (Å²) >= 11 is 0. The van der Waals surface area contributed by atoms with E-state index in [1.807, 2.05) is 18.2 Å². The number of methoxy groups -OCH3 is 1. The molecule has 0 saturated carbocycles. The van der Waals surface area contributed by atoms with Crippen LogP contribution in [-0.2, 0) is 6.54 Å². The van der Waals surface area contributed by atoms with E-state index in [9.17, 15) is 0 Å². The number of benzene rings is 1. The van der Waals surface area contributed by atoms with Gasteiger partial charge in [-0.3, -0.25) is 0 Å². The quantitative estimate of drug-likeness (QED) is 0.661. The van der Waals surface area contributed by atoms with Crippen molar-refractivity contribution in [3.63, 3.8) is 0 Å². The Kier molecular flexibility index (Phi) is 7.22. The van der Waals surface area contributed by atoms with Crippen molar-refractivity contribution >= 4 is 0 Å². The Morgan fingerprint density at radius 3 is 2.83 bits per heavy atom. The van der Waals surface area contributed by atoms with E-state index in [-0.39, 0.29) is 6.61 Å². The zero-order chi connectivity index (χ0) is 13.2. The third-order valence-electron chi connectivity index (χ3n) is 2.63. The monoisotopic (exact) mass is 253 g/mol. The minimum absolute atomic E-state index is 0.135. The summed E-state index contributed by atoms with van der Waals surface area (Å²) in [4.78, 5) is 0. The molecule has 0 aliphatic rings. The van der Waals surface area contributed by atoms with Gasteiger partial charge in [-0.15, -0.1) is 0 Å². The van der Waals surface area contributed by atoms with Crippen molar-refractivity contribution in [1.29, 1.82) is 0 Å². The van der Waals surface area contributed by atoms with Gasteiger partial charge in [-0.05, 0) is 12.5 Å². The standard InChI is InChI=1S/C14H23NO3/c1-3-4-10-18-14-12(11-15-8-9-16)6-5-7-13(14)17-2/h5-7,15-16H,3-4,8-11H2,1-2H3. The van der Waals surface area contributed by atoms with E-state index in [0.717, 1.165) is 29.9 Å². The molecule has 0 unspecified atom stereocenters. The molecule has 4 nitrogen and oxygen atoms in total. The summed E-state index contributed by atoms with van der Waals surface area (Å²) in [5.41, 5.74) is 1.05. The fraction of sp³-hybridized carbons (Fsp3) is 0.571. The first-order chi connectivity index (χ1) is 8.83. The molecule has 0 spiro atoms. The van der Waals surface area contributed by atoms with E-state index >= 15 is 0 Å². The van der Waals surface area contributed by atoms with Crippen molar-refractivity contribution in [3.05, 3.63) is 23.8 Å². The van der Waals surface area contributed by atoms with Crippen LogP contribution in [0.25, 0.3) is 0 Å². The Bertz CT molecular complexity index is 342. The third kappa shape index (κ3) is 4.55. The molecule has 0 amide bonds. The molecule has 0 fully saturated rings. The van der Waals surface area contributed by atoms with E-state index in [0.29, 0.717) is 19.7 Å². The molecule has 4 heteroatoms. The minimum atomic E-state index is 0.135. The first-order valence-corrected chi connectivity index (χ1v) is 6.43. The van der Waals surface area contributed by atoms with Crippen molar-refractivity contribution in [3.8, 4) is 11.5 Å². The number of aliphatic hydroxyl groups excluding tert-OH is 1. The molecule has 0 atom stereocenters.